The molecule has 0 aliphatic carbocycles. The monoisotopic (exact) mass is 372 g/mol. The first-order valence-corrected chi connectivity index (χ1v) is 9.55. The molecule has 0 bridgehead atoms. The summed E-state index contributed by atoms with van der Waals surface area (Å²) in [5.41, 5.74) is 1.03. The maximum Gasteiger partial charge on any atom is 0.251 e. The SMILES string of the molecule is CC(NC(=O)c1cccc(S(=O)(=O)N(C)C)c1)c1cc2ccccc2o1. The van der Waals surface area contributed by atoms with Crippen molar-refractivity contribution in [3.05, 3.63) is 65.9 Å². The third kappa shape index (κ3) is 3.49. The lowest BCUT2D eigenvalue weighted by atomic mass is 10.1. The molecule has 6 nitrogen and oxygen atoms in total. The fourth-order valence-corrected chi connectivity index (χ4v) is 3.52. The summed E-state index contributed by atoms with van der Waals surface area (Å²) in [6, 6.07) is 15.1. The first kappa shape index (κ1) is 18.2. The van der Waals surface area contributed by atoms with Gasteiger partial charge in [0.05, 0.1) is 10.9 Å². The highest BCUT2D eigenvalue weighted by molar-refractivity contribution is 7.89. The third-order valence-corrected chi connectivity index (χ3v) is 5.90. The number of benzene rings is 2. The molecule has 0 radical (unpaired) electrons. The Morgan fingerprint density at radius 1 is 1.08 bits per heavy atom. The van der Waals surface area contributed by atoms with E-state index in [-0.39, 0.29) is 22.4 Å². The van der Waals surface area contributed by atoms with Gasteiger partial charge in [0.2, 0.25) is 10.0 Å². The Balaban J connectivity index is 1.81. The standard InChI is InChI=1S/C19H20N2O4S/c1-13(18-12-14-7-4-5-10-17(14)25-18)20-19(22)15-8-6-9-16(11-15)26(23,24)21(2)3/h4-13H,1-3H3,(H,20,22). The van der Waals surface area contributed by atoms with Crippen LogP contribution in [0.2, 0.25) is 0 Å². The second kappa shape index (κ2) is 6.93. The van der Waals surface area contributed by atoms with Gasteiger partial charge >= 0.3 is 0 Å². The van der Waals surface area contributed by atoms with Crippen LogP contribution in [0.25, 0.3) is 11.0 Å². The number of hydrogen-bond acceptors (Lipinski definition) is 4. The topological polar surface area (TPSA) is 79.6 Å². The molecule has 3 rings (SSSR count). The van der Waals surface area contributed by atoms with Crippen LogP contribution in [0.5, 0.6) is 0 Å². The largest absolute Gasteiger partial charge is 0.459 e. The molecule has 1 unspecified atom stereocenters. The maximum atomic E-state index is 12.5. The van der Waals surface area contributed by atoms with Crippen molar-refractivity contribution < 1.29 is 17.6 Å². The Kier molecular flexibility index (Phi) is 4.84. The summed E-state index contributed by atoms with van der Waals surface area (Å²) in [6.45, 7) is 1.82. The predicted molar refractivity (Wildman–Crippen MR) is 99.4 cm³/mol. The average Bonchev–Trinajstić information content (AvgIpc) is 3.06. The van der Waals surface area contributed by atoms with Crippen molar-refractivity contribution in [2.45, 2.75) is 17.9 Å². The molecule has 136 valence electrons. The Labute approximate surface area is 152 Å². The summed E-state index contributed by atoms with van der Waals surface area (Å²) in [5.74, 6) is 0.269. The highest BCUT2D eigenvalue weighted by atomic mass is 32.2. The van der Waals surface area contributed by atoms with Crippen LogP contribution in [0.1, 0.15) is 29.1 Å². The van der Waals surface area contributed by atoms with Crippen LogP contribution in [-0.2, 0) is 10.0 Å². The van der Waals surface area contributed by atoms with E-state index in [1.54, 1.807) is 12.1 Å². The number of amides is 1. The average molecular weight is 372 g/mol. The molecule has 0 fully saturated rings. The van der Waals surface area contributed by atoms with E-state index in [1.807, 2.05) is 37.3 Å². The summed E-state index contributed by atoms with van der Waals surface area (Å²) in [7, 11) is -0.696. The van der Waals surface area contributed by atoms with Crippen LogP contribution in [0.4, 0.5) is 0 Å². The summed E-state index contributed by atoms with van der Waals surface area (Å²) >= 11 is 0. The van der Waals surface area contributed by atoms with E-state index >= 15 is 0 Å². The Morgan fingerprint density at radius 2 is 1.81 bits per heavy atom. The highest BCUT2D eigenvalue weighted by Crippen LogP contribution is 2.24. The number of nitrogens with zero attached hydrogens (tertiary/aromatic N) is 1. The zero-order chi connectivity index (χ0) is 18.9. The van der Waals surface area contributed by atoms with E-state index < -0.39 is 10.0 Å². The minimum absolute atomic E-state index is 0.0755. The molecule has 1 aromatic heterocycles. The molecule has 1 N–H and O–H groups in total. The Morgan fingerprint density at radius 3 is 2.50 bits per heavy atom. The molecule has 3 aromatic rings. The first-order valence-electron chi connectivity index (χ1n) is 8.11. The van der Waals surface area contributed by atoms with Gasteiger partial charge in [-0.15, -0.1) is 0 Å². The molecular formula is C19H20N2O4S. The molecule has 26 heavy (non-hydrogen) atoms. The number of hydrogen-bond donors (Lipinski definition) is 1. The van der Waals surface area contributed by atoms with Gasteiger partial charge in [-0.25, -0.2) is 12.7 Å². The summed E-state index contributed by atoms with van der Waals surface area (Å²) in [6.07, 6.45) is 0. The first-order chi connectivity index (χ1) is 12.3. The van der Waals surface area contributed by atoms with Crippen molar-refractivity contribution in [3.8, 4) is 0 Å². The third-order valence-electron chi connectivity index (χ3n) is 4.09. The van der Waals surface area contributed by atoms with Gasteiger partial charge in [0.25, 0.3) is 5.91 Å². The van der Waals surface area contributed by atoms with Crippen molar-refractivity contribution in [2.24, 2.45) is 0 Å². The molecule has 1 heterocycles. The minimum atomic E-state index is -3.60. The Hall–Kier alpha value is -2.64. The molecular weight excluding hydrogens is 352 g/mol. The number of carbonyl (C=O) groups excluding carboxylic acids is 1. The van der Waals surface area contributed by atoms with Crippen LogP contribution in [0.15, 0.2) is 63.9 Å². The zero-order valence-corrected chi connectivity index (χ0v) is 15.6. The normalized spacial score (nSPS) is 13.1. The van der Waals surface area contributed by atoms with Gasteiger partial charge in [-0.05, 0) is 37.3 Å². The summed E-state index contributed by atoms with van der Waals surface area (Å²) < 4.78 is 31.3. The van der Waals surface area contributed by atoms with Crippen molar-refractivity contribution >= 4 is 26.9 Å². The second-order valence-corrected chi connectivity index (χ2v) is 8.35. The number of fused-ring (bicyclic) bond motifs is 1. The summed E-state index contributed by atoms with van der Waals surface area (Å²) in [5, 5.41) is 3.80. The quantitative estimate of drug-likeness (QED) is 0.746. The van der Waals surface area contributed by atoms with E-state index in [0.717, 1.165) is 15.3 Å². The molecule has 1 atom stereocenters. The predicted octanol–water partition coefficient (Wildman–Crippen LogP) is 3.17. The van der Waals surface area contributed by atoms with Crippen LogP contribution in [0, 0.1) is 0 Å². The number of rotatable bonds is 5. The lowest BCUT2D eigenvalue weighted by Crippen LogP contribution is -2.27. The fraction of sp³-hybridized carbons (Fsp3) is 0.211. The molecule has 7 heteroatoms. The fourth-order valence-electron chi connectivity index (χ4n) is 2.58. The van der Waals surface area contributed by atoms with Gasteiger partial charge in [-0.1, -0.05) is 24.3 Å². The van der Waals surface area contributed by atoms with Crippen molar-refractivity contribution in [1.29, 1.82) is 0 Å². The van der Waals surface area contributed by atoms with Gasteiger partial charge in [0, 0.05) is 25.0 Å². The highest BCUT2D eigenvalue weighted by Gasteiger charge is 2.20. The lowest BCUT2D eigenvalue weighted by molar-refractivity contribution is 0.0935. The van der Waals surface area contributed by atoms with Gasteiger partial charge in [0.15, 0.2) is 0 Å². The van der Waals surface area contributed by atoms with E-state index in [2.05, 4.69) is 5.32 Å². The van der Waals surface area contributed by atoms with Crippen LogP contribution in [-0.4, -0.2) is 32.7 Å². The number of furan rings is 1. The van der Waals surface area contributed by atoms with E-state index in [0.29, 0.717) is 5.76 Å². The van der Waals surface area contributed by atoms with Crippen molar-refractivity contribution in [3.63, 3.8) is 0 Å². The second-order valence-electron chi connectivity index (χ2n) is 6.20. The molecule has 0 saturated heterocycles. The smallest absolute Gasteiger partial charge is 0.251 e. The van der Waals surface area contributed by atoms with E-state index in [4.69, 9.17) is 4.42 Å². The molecule has 1 amide bonds. The maximum absolute atomic E-state index is 12.5. The molecule has 0 aliphatic heterocycles. The summed E-state index contributed by atoms with van der Waals surface area (Å²) in [4.78, 5) is 12.6. The molecule has 2 aromatic carbocycles. The van der Waals surface area contributed by atoms with Crippen LogP contribution in [0.3, 0.4) is 0 Å². The molecule has 0 saturated carbocycles. The number of para-hydroxylation sites is 1. The number of carbonyl (C=O) groups is 1. The Bertz CT molecular complexity index is 1020. The van der Waals surface area contributed by atoms with Crippen molar-refractivity contribution in [2.75, 3.05) is 14.1 Å². The van der Waals surface area contributed by atoms with Gasteiger partial charge < -0.3 is 9.73 Å². The van der Waals surface area contributed by atoms with Crippen molar-refractivity contribution in [1.82, 2.24) is 9.62 Å². The van der Waals surface area contributed by atoms with Crippen LogP contribution < -0.4 is 5.32 Å². The minimum Gasteiger partial charge on any atom is -0.459 e. The van der Waals surface area contributed by atoms with E-state index in [1.165, 1.54) is 26.2 Å². The number of sulfonamides is 1. The molecule has 0 aliphatic rings. The van der Waals surface area contributed by atoms with Gasteiger partial charge in [-0.2, -0.15) is 0 Å². The number of nitrogens with one attached hydrogen (secondary N) is 1. The van der Waals surface area contributed by atoms with Crippen LogP contribution >= 0.6 is 0 Å². The van der Waals surface area contributed by atoms with Gasteiger partial charge in [0.1, 0.15) is 11.3 Å². The van der Waals surface area contributed by atoms with E-state index in [9.17, 15) is 13.2 Å². The van der Waals surface area contributed by atoms with Gasteiger partial charge in [-0.3, -0.25) is 4.79 Å². The molecule has 0 spiro atoms. The zero-order valence-electron chi connectivity index (χ0n) is 14.8. The lowest BCUT2D eigenvalue weighted by Gasteiger charge is -2.14.